The molecule has 30 heavy (non-hydrogen) atoms. The van der Waals surface area contributed by atoms with E-state index in [1.165, 1.54) is 10.4 Å². The molecule has 1 amide bonds. The Bertz CT molecular complexity index is 974. The number of amides is 1. The first kappa shape index (κ1) is 21.5. The first-order chi connectivity index (χ1) is 14.5. The van der Waals surface area contributed by atoms with E-state index in [0.29, 0.717) is 30.8 Å². The van der Waals surface area contributed by atoms with Crippen LogP contribution >= 0.6 is 11.3 Å². The summed E-state index contributed by atoms with van der Waals surface area (Å²) in [6.07, 6.45) is 6.07. The fourth-order valence-corrected chi connectivity index (χ4v) is 6.98. The molecule has 4 rings (SSSR count). The highest BCUT2D eigenvalue weighted by Gasteiger charge is 2.28. The summed E-state index contributed by atoms with van der Waals surface area (Å²) in [6, 6.07) is 9.37. The Kier molecular flexibility index (Phi) is 6.60. The summed E-state index contributed by atoms with van der Waals surface area (Å²) in [6.45, 7) is 4.10. The van der Waals surface area contributed by atoms with E-state index in [0.717, 1.165) is 44.2 Å². The molecule has 5 nitrogen and oxygen atoms in total. The summed E-state index contributed by atoms with van der Waals surface area (Å²) >= 11 is 1.78. The van der Waals surface area contributed by atoms with Crippen LogP contribution in [-0.4, -0.2) is 43.2 Å². The second-order valence-electron chi connectivity index (χ2n) is 8.27. The van der Waals surface area contributed by atoms with Gasteiger partial charge in [-0.1, -0.05) is 25.0 Å². The number of hydrogen-bond acceptors (Lipinski definition) is 4. The largest absolute Gasteiger partial charge is 0.336 e. The molecule has 0 spiro atoms. The lowest BCUT2D eigenvalue weighted by molar-refractivity contribution is -0.133. The number of thiophene rings is 1. The highest BCUT2D eigenvalue weighted by molar-refractivity contribution is 7.89. The Balaban J connectivity index is 1.36. The molecule has 2 aliphatic rings. The van der Waals surface area contributed by atoms with E-state index in [2.05, 4.69) is 18.4 Å². The van der Waals surface area contributed by atoms with Crippen molar-refractivity contribution in [2.75, 3.05) is 19.6 Å². The standard InChI is InChI=1S/C23H30N2O3S2/c1-18-21-13-17-29-22(21)12-16-25(18)23(26)11-8-19-6-9-20(10-7-19)30(27,28)24-14-4-2-3-5-15-24/h6-7,9-10,13,17-18H,2-5,8,11-12,14-16H2,1H3. The van der Waals surface area contributed by atoms with Gasteiger partial charge in [0.05, 0.1) is 10.9 Å². The minimum Gasteiger partial charge on any atom is -0.336 e. The van der Waals surface area contributed by atoms with Crippen LogP contribution in [0.15, 0.2) is 40.6 Å². The van der Waals surface area contributed by atoms with Gasteiger partial charge in [0.25, 0.3) is 0 Å². The molecule has 0 aliphatic carbocycles. The number of hydrogen-bond donors (Lipinski definition) is 0. The third kappa shape index (κ3) is 4.48. The quantitative estimate of drug-likeness (QED) is 0.684. The van der Waals surface area contributed by atoms with Crippen molar-refractivity contribution in [3.8, 4) is 0 Å². The molecule has 0 N–H and O–H groups in total. The molecular formula is C23H30N2O3S2. The second-order valence-corrected chi connectivity index (χ2v) is 11.2. The first-order valence-corrected chi connectivity index (χ1v) is 13.2. The summed E-state index contributed by atoms with van der Waals surface area (Å²) in [5.74, 6) is 0.167. The van der Waals surface area contributed by atoms with Gasteiger partial charge in [-0.25, -0.2) is 8.42 Å². The molecule has 1 aromatic carbocycles. The maximum absolute atomic E-state index is 12.9. The molecule has 0 radical (unpaired) electrons. The summed E-state index contributed by atoms with van der Waals surface area (Å²) in [7, 11) is -3.42. The van der Waals surface area contributed by atoms with Crippen molar-refractivity contribution in [2.24, 2.45) is 0 Å². The third-order valence-electron chi connectivity index (χ3n) is 6.35. The number of carbonyl (C=O) groups excluding carboxylic acids is 1. The molecule has 1 saturated heterocycles. The summed E-state index contributed by atoms with van der Waals surface area (Å²) in [4.78, 5) is 16.5. The summed E-state index contributed by atoms with van der Waals surface area (Å²) < 4.78 is 27.4. The topological polar surface area (TPSA) is 57.7 Å². The van der Waals surface area contributed by atoms with Gasteiger partial charge >= 0.3 is 0 Å². The maximum Gasteiger partial charge on any atom is 0.243 e. The van der Waals surface area contributed by atoms with Crippen LogP contribution in [0.2, 0.25) is 0 Å². The van der Waals surface area contributed by atoms with Gasteiger partial charge in [-0.15, -0.1) is 11.3 Å². The van der Waals surface area contributed by atoms with Gasteiger partial charge in [-0.2, -0.15) is 4.31 Å². The summed E-state index contributed by atoms with van der Waals surface area (Å²) in [5.41, 5.74) is 2.28. The van der Waals surface area contributed by atoms with E-state index in [9.17, 15) is 13.2 Å². The highest BCUT2D eigenvalue weighted by atomic mass is 32.2. The van der Waals surface area contributed by atoms with Crippen LogP contribution in [-0.2, 0) is 27.7 Å². The van der Waals surface area contributed by atoms with Crippen molar-refractivity contribution in [1.29, 1.82) is 0 Å². The van der Waals surface area contributed by atoms with Crippen molar-refractivity contribution in [3.05, 3.63) is 51.7 Å². The Morgan fingerprint density at radius 2 is 1.73 bits per heavy atom. The molecule has 162 valence electrons. The Morgan fingerprint density at radius 1 is 1.03 bits per heavy atom. The molecule has 7 heteroatoms. The molecule has 0 saturated carbocycles. The zero-order chi connectivity index (χ0) is 21.1. The van der Waals surface area contributed by atoms with Crippen molar-refractivity contribution >= 4 is 27.3 Å². The summed E-state index contributed by atoms with van der Waals surface area (Å²) in [5, 5.41) is 2.11. The minimum absolute atomic E-state index is 0.133. The van der Waals surface area contributed by atoms with Crippen LogP contribution in [0.5, 0.6) is 0 Å². The van der Waals surface area contributed by atoms with E-state index in [1.54, 1.807) is 27.8 Å². The van der Waals surface area contributed by atoms with Gasteiger partial charge in [0.1, 0.15) is 0 Å². The smallest absolute Gasteiger partial charge is 0.243 e. The van der Waals surface area contributed by atoms with E-state index < -0.39 is 10.0 Å². The molecule has 1 atom stereocenters. The van der Waals surface area contributed by atoms with E-state index >= 15 is 0 Å². The maximum atomic E-state index is 12.9. The molecule has 2 aliphatic heterocycles. The predicted octanol–water partition coefficient (Wildman–Crippen LogP) is 4.39. The predicted molar refractivity (Wildman–Crippen MR) is 120 cm³/mol. The Hall–Kier alpha value is -1.70. The molecule has 1 fully saturated rings. The van der Waals surface area contributed by atoms with Gasteiger partial charge in [-0.05, 0) is 67.3 Å². The lowest BCUT2D eigenvalue weighted by Crippen LogP contribution is -2.38. The van der Waals surface area contributed by atoms with Crippen LogP contribution < -0.4 is 0 Å². The molecule has 1 unspecified atom stereocenters. The van der Waals surface area contributed by atoms with Gasteiger partial charge in [0.2, 0.25) is 15.9 Å². The van der Waals surface area contributed by atoms with Crippen molar-refractivity contribution in [3.63, 3.8) is 0 Å². The minimum atomic E-state index is -3.42. The van der Waals surface area contributed by atoms with Gasteiger partial charge < -0.3 is 4.90 Å². The van der Waals surface area contributed by atoms with Crippen LogP contribution in [0.1, 0.15) is 61.1 Å². The molecule has 0 bridgehead atoms. The molecule has 3 heterocycles. The average Bonchev–Trinajstić information content (AvgIpc) is 3.06. The number of aryl methyl sites for hydroxylation is 1. The van der Waals surface area contributed by atoms with E-state index in [1.807, 2.05) is 17.0 Å². The SMILES string of the molecule is CC1c2ccsc2CCN1C(=O)CCc1ccc(S(=O)(=O)N2CCCCCC2)cc1. The van der Waals surface area contributed by atoms with Crippen molar-refractivity contribution < 1.29 is 13.2 Å². The fourth-order valence-electron chi connectivity index (χ4n) is 4.50. The first-order valence-electron chi connectivity index (χ1n) is 10.9. The van der Waals surface area contributed by atoms with Crippen molar-refractivity contribution in [1.82, 2.24) is 9.21 Å². The zero-order valence-corrected chi connectivity index (χ0v) is 19.2. The highest BCUT2D eigenvalue weighted by Crippen LogP contribution is 2.33. The van der Waals surface area contributed by atoms with Gasteiger partial charge in [-0.3, -0.25) is 4.79 Å². The Labute approximate surface area is 183 Å². The normalized spacial score (nSPS) is 20.6. The zero-order valence-electron chi connectivity index (χ0n) is 17.5. The Morgan fingerprint density at radius 3 is 2.43 bits per heavy atom. The molecule has 2 aromatic rings. The lowest BCUT2D eigenvalue weighted by Gasteiger charge is -2.33. The van der Waals surface area contributed by atoms with Gasteiger partial charge in [0, 0.05) is 30.9 Å². The number of nitrogens with zero attached hydrogens (tertiary/aromatic N) is 2. The van der Waals surface area contributed by atoms with E-state index in [-0.39, 0.29) is 11.9 Å². The molecule has 1 aromatic heterocycles. The third-order valence-corrected chi connectivity index (χ3v) is 9.26. The van der Waals surface area contributed by atoms with E-state index in [4.69, 9.17) is 0 Å². The van der Waals surface area contributed by atoms with Crippen LogP contribution in [0.4, 0.5) is 0 Å². The number of rotatable bonds is 5. The lowest BCUT2D eigenvalue weighted by atomic mass is 10.0. The average molecular weight is 447 g/mol. The fraction of sp³-hybridized carbons (Fsp3) is 0.522. The van der Waals surface area contributed by atoms with Gasteiger partial charge in [0.15, 0.2) is 0 Å². The number of sulfonamides is 1. The number of fused-ring (bicyclic) bond motifs is 1. The number of carbonyl (C=O) groups is 1. The van der Waals surface area contributed by atoms with Crippen LogP contribution in [0, 0.1) is 0 Å². The number of benzene rings is 1. The van der Waals surface area contributed by atoms with Crippen LogP contribution in [0.3, 0.4) is 0 Å². The second kappa shape index (κ2) is 9.20. The van der Waals surface area contributed by atoms with Crippen LogP contribution in [0.25, 0.3) is 0 Å². The van der Waals surface area contributed by atoms with Crippen molar-refractivity contribution in [2.45, 2.75) is 62.8 Å². The monoisotopic (exact) mass is 446 g/mol. The molecular weight excluding hydrogens is 416 g/mol.